The van der Waals surface area contributed by atoms with E-state index in [1.54, 1.807) is 41.3 Å². The molecular formula is C20H21ClN2O4. The maximum Gasteiger partial charge on any atom is 0.227 e. The van der Waals surface area contributed by atoms with Gasteiger partial charge in [0, 0.05) is 30.2 Å². The maximum atomic E-state index is 12.3. The molecule has 2 aromatic rings. The first-order valence-corrected chi connectivity index (χ1v) is 9.10. The Hall–Kier alpha value is -2.57. The van der Waals surface area contributed by atoms with Gasteiger partial charge in [0.05, 0.1) is 5.92 Å². The number of rotatable bonds is 7. The molecule has 0 saturated carbocycles. The van der Waals surface area contributed by atoms with E-state index >= 15 is 0 Å². The van der Waals surface area contributed by atoms with Gasteiger partial charge in [-0.1, -0.05) is 29.8 Å². The highest BCUT2D eigenvalue weighted by atomic mass is 35.5. The minimum Gasteiger partial charge on any atom is -0.491 e. The molecule has 142 valence electrons. The molecule has 0 aliphatic carbocycles. The van der Waals surface area contributed by atoms with Gasteiger partial charge in [-0.25, -0.2) is 0 Å². The van der Waals surface area contributed by atoms with Crippen LogP contribution in [0.5, 0.6) is 5.75 Å². The molecule has 2 atom stereocenters. The van der Waals surface area contributed by atoms with Crippen molar-refractivity contribution in [3.05, 3.63) is 59.6 Å². The number of carbonyl (C=O) groups excluding carboxylic acids is 2. The molecule has 0 aromatic heterocycles. The molecule has 7 heteroatoms. The lowest BCUT2D eigenvalue weighted by molar-refractivity contribution is -0.126. The molecule has 0 unspecified atom stereocenters. The number of nitrogens with zero attached hydrogens (tertiary/aromatic N) is 1. The lowest BCUT2D eigenvalue weighted by Crippen LogP contribution is -2.39. The predicted octanol–water partition coefficient (Wildman–Crippen LogP) is 2.25. The molecule has 1 saturated heterocycles. The average molecular weight is 389 g/mol. The number of hydrogen-bond donors (Lipinski definition) is 2. The number of aliphatic hydroxyl groups excluding tert-OH is 1. The lowest BCUT2D eigenvalue weighted by atomic mass is 10.1. The molecule has 1 heterocycles. The monoisotopic (exact) mass is 388 g/mol. The number of halogens is 1. The normalized spacial score (nSPS) is 17.6. The number of carbonyl (C=O) groups is 2. The van der Waals surface area contributed by atoms with Crippen LogP contribution in [0.15, 0.2) is 54.6 Å². The Balaban J connectivity index is 1.45. The SMILES string of the molecule is O=C(NC[C@H](O)COc1ccccc1)[C@H]1CC(=O)N(c2ccc(Cl)cc2)C1. The summed E-state index contributed by atoms with van der Waals surface area (Å²) in [4.78, 5) is 26.1. The van der Waals surface area contributed by atoms with Crippen LogP contribution < -0.4 is 15.0 Å². The van der Waals surface area contributed by atoms with Crippen molar-refractivity contribution in [1.29, 1.82) is 0 Å². The Morgan fingerprint density at radius 3 is 2.63 bits per heavy atom. The largest absolute Gasteiger partial charge is 0.491 e. The fraction of sp³-hybridized carbons (Fsp3) is 0.300. The van der Waals surface area contributed by atoms with E-state index in [0.29, 0.717) is 17.3 Å². The number of anilines is 1. The first-order valence-electron chi connectivity index (χ1n) is 8.72. The molecule has 0 bridgehead atoms. The summed E-state index contributed by atoms with van der Waals surface area (Å²) in [7, 11) is 0. The van der Waals surface area contributed by atoms with Crippen molar-refractivity contribution >= 4 is 29.1 Å². The molecule has 2 aromatic carbocycles. The summed E-state index contributed by atoms with van der Waals surface area (Å²) in [5.74, 6) is -0.151. The number of aliphatic hydroxyl groups is 1. The van der Waals surface area contributed by atoms with E-state index in [2.05, 4.69) is 5.32 Å². The number of hydrogen-bond acceptors (Lipinski definition) is 4. The Morgan fingerprint density at radius 1 is 1.22 bits per heavy atom. The van der Waals surface area contributed by atoms with E-state index in [4.69, 9.17) is 16.3 Å². The van der Waals surface area contributed by atoms with E-state index in [1.165, 1.54) is 0 Å². The highest BCUT2D eigenvalue weighted by Gasteiger charge is 2.35. The van der Waals surface area contributed by atoms with Gasteiger partial charge in [0.2, 0.25) is 11.8 Å². The first kappa shape index (κ1) is 19.2. The van der Waals surface area contributed by atoms with Gasteiger partial charge >= 0.3 is 0 Å². The zero-order valence-corrected chi connectivity index (χ0v) is 15.4. The molecule has 0 radical (unpaired) electrons. The van der Waals surface area contributed by atoms with E-state index in [0.717, 1.165) is 5.69 Å². The number of amides is 2. The summed E-state index contributed by atoms with van der Waals surface area (Å²) >= 11 is 5.87. The van der Waals surface area contributed by atoms with Crippen molar-refractivity contribution in [1.82, 2.24) is 5.32 Å². The van der Waals surface area contributed by atoms with E-state index in [1.807, 2.05) is 18.2 Å². The smallest absolute Gasteiger partial charge is 0.227 e. The minimum atomic E-state index is -0.835. The Kier molecular flexibility index (Phi) is 6.32. The van der Waals surface area contributed by atoms with Gasteiger partial charge in [0.15, 0.2) is 0 Å². The zero-order chi connectivity index (χ0) is 19.2. The third-order valence-electron chi connectivity index (χ3n) is 4.33. The van der Waals surface area contributed by atoms with Crippen LogP contribution in [0.1, 0.15) is 6.42 Å². The van der Waals surface area contributed by atoms with Crippen LogP contribution in [0.4, 0.5) is 5.69 Å². The molecule has 2 amide bonds. The number of ether oxygens (including phenoxy) is 1. The summed E-state index contributed by atoms with van der Waals surface area (Å²) < 4.78 is 5.45. The van der Waals surface area contributed by atoms with Gasteiger partial charge in [-0.3, -0.25) is 9.59 Å². The van der Waals surface area contributed by atoms with Crippen LogP contribution in [0.2, 0.25) is 5.02 Å². The highest BCUT2D eigenvalue weighted by molar-refractivity contribution is 6.30. The molecule has 0 spiro atoms. The lowest BCUT2D eigenvalue weighted by Gasteiger charge is -2.17. The average Bonchev–Trinajstić information content (AvgIpc) is 3.07. The third kappa shape index (κ3) is 5.21. The molecule has 1 fully saturated rings. The fourth-order valence-corrected chi connectivity index (χ4v) is 3.01. The van der Waals surface area contributed by atoms with Crippen molar-refractivity contribution in [3.63, 3.8) is 0 Å². The zero-order valence-electron chi connectivity index (χ0n) is 14.7. The number of benzene rings is 2. The van der Waals surface area contributed by atoms with E-state index in [-0.39, 0.29) is 31.4 Å². The van der Waals surface area contributed by atoms with Gasteiger partial charge in [-0.05, 0) is 36.4 Å². The van der Waals surface area contributed by atoms with Crippen molar-refractivity contribution in [3.8, 4) is 5.75 Å². The third-order valence-corrected chi connectivity index (χ3v) is 4.58. The first-order chi connectivity index (χ1) is 13.0. The molecule has 1 aliphatic rings. The molecule has 6 nitrogen and oxygen atoms in total. The second-order valence-corrected chi connectivity index (χ2v) is 6.84. The van der Waals surface area contributed by atoms with Gasteiger partial charge in [0.1, 0.15) is 18.5 Å². The summed E-state index contributed by atoms with van der Waals surface area (Å²) in [6, 6.07) is 16.1. The fourth-order valence-electron chi connectivity index (χ4n) is 2.88. The quantitative estimate of drug-likeness (QED) is 0.762. The second-order valence-electron chi connectivity index (χ2n) is 6.40. The highest BCUT2D eigenvalue weighted by Crippen LogP contribution is 2.26. The molecular weight excluding hydrogens is 368 g/mol. The van der Waals surface area contributed by atoms with Crippen LogP contribution >= 0.6 is 11.6 Å². The summed E-state index contributed by atoms with van der Waals surface area (Å²) in [6.45, 7) is 0.449. The predicted molar refractivity (Wildman–Crippen MR) is 103 cm³/mol. The minimum absolute atomic E-state index is 0.0668. The molecule has 3 rings (SSSR count). The van der Waals surface area contributed by atoms with E-state index < -0.39 is 12.0 Å². The number of nitrogens with one attached hydrogen (secondary N) is 1. The molecule has 1 aliphatic heterocycles. The van der Waals surface area contributed by atoms with E-state index in [9.17, 15) is 14.7 Å². The van der Waals surface area contributed by atoms with Gasteiger partial charge in [-0.2, -0.15) is 0 Å². The van der Waals surface area contributed by atoms with Crippen LogP contribution in [0.25, 0.3) is 0 Å². The van der Waals surface area contributed by atoms with Crippen molar-refractivity contribution in [2.24, 2.45) is 5.92 Å². The van der Waals surface area contributed by atoms with Gasteiger partial charge < -0.3 is 20.1 Å². The Bertz CT molecular complexity index is 782. The van der Waals surface area contributed by atoms with Gasteiger partial charge in [0.25, 0.3) is 0 Å². The number of para-hydroxylation sites is 1. The maximum absolute atomic E-state index is 12.3. The van der Waals surface area contributed by atoms with Crippen LogP contribution in [0, 0.1) is 5.92 Å². The Labute approximate surface area is 162 Å². The summed E-state index contributed by atoms with van der Waals surface area (Å²) in [5.41, 5.74) is 0.719. The Morgan fingerprint density at radius 2 is 1.93 bits per heavy atom. The topological polar surface area (TPSA) is 78.9 Å². The van der Waals surface area contributed by atoms with Crippen molar-refractivity contribution in [2.45, 2.75) is 12.5 Å². The van der Waals surface area contributed by atoms with Crippen LogP contribution in [0.3, 0.4) is 0 Å². The van der Waals surface area contributed by atoms with Crippen molar-refractivity contribution < 1.29 is 19.4 Å². The molecule has 2 N–H and O–H groups in total. The van der Waals surface area contributed by atoms with Crippen LogP contribution in [-0.4, -0.2) is 42.7 Å². The second kappa shape index (κ2) is 8.88. The summed E-state index contributed by atoms with van der Waals surface area (Å²) in [5, 5.41) is 13.3. The van der Waals surface area contributed by atoms with Crippen LogP contribution in [-0.2, 0) is 9.59 Å². The van der Waals surface area contributed by atoms with Gasteiger partial charge in [-0.15, -0.1) is 0 Å². The van der Waals surface area contributed by atoms with Crippen molar-refractivity contribution in [2.75, 3.05) is 24.6 Å². The molecule has 27 heavy (non-hydrogen) atoms. The summed E-state index contributed by atoms with van der Waals surface area (Å²) in [6.07, 6.45) is -0.691. The standard InChI is InChI=1S/C20H21ClN2O4/c21-15-6-8-16(9-7-15)23-12-14(10-19(23)25)20(26)22-11-17(24)13-27-18-4-2-1-3-5-18/h1-9,14,17,24H,10-13H2,(H,22,26)/t14-,17-/m0/s1.